The van der Waals surface area contributed by atoms with Gasteiger partial charge >= 0.3 is 0 Å². The maximum Gasteiger partial charge on any atom is 0.0896 e. The number of benzene rings is 5. The highest BCUT2D eigenvalue weighted by atomic mass is 32.1. The average Bonchev–Trinajstić information content (AvgIpc) is 3.48. The summed E-state index contributed by atoms with van der Waals surface area (Å²) in [5.74, 6) is 0.367. The summed E-state index contributed by atoms with van der Waals surface area (Å²) in [7, 11) is 0. The Hall–Kier alpha value is -5.14. The Bertz CT molecular complexity index is 2250. The second-order valence-electron chi connectivity index (χ2n) is 11.4. The Balaban J connectivity index is 1.10. The van der Waals surface area contributed by atoms with Crippen LogP contribution in [0.1, 0.15) is 27.5 Å². The molecule has 0 fully saturated rings. The highest BCUT2D eigenvalue weighted by molar-refractivity contribution is 7.15. The first kappa shape index (κ1) is 24.5. The summed E-state index contributed by atoms with van der Waals surface area (Å²) >= 11 is 1.92. The van der Waals surface area contributed by atoms with Gasteiger partial charge in [0.15, 0.2) is 0 Å². The largest absolute Gasteiger partial charge is 0.303 e. The molecule has 0 N–H and O–H groups in total. The van der Waals surface area contributed by atoms with Crippen LogP contribution in [0.2, 0.25) is 0 Å². The van der Waals surface area contributed by atoms with Crippen molar-refractivity contribution >= 4 is 55.9 Å². The standard InChI is InChI=1S/C41H27NS/c1-2-11-30(12-3-1)42-31-13-5-4-10-27(24-31)37-25-29(19-21-39(37)42)41-23-22-40(43-41)28-18-20-36-34-16-7-6-14-32(34)33-15-8-9-17-35(33)38(36)26-28/h1-23,25,28H,26H2. The average molecular weight is 566 g/mol. The number of rotatable bonds is 3. The van der Waals surface area contributed by atoms with Crippen LogP contribution < -0.4 is 4.90 Å². The molecule has 1 unspecified atom stereocenters. The Morgan fingerprint density at radius 3 is 2.28 bits per heavy atom. The number of hydrogen-bond acceptors (Lipinski definition) is 2. The molecule has 1 aromatic heterocycles. The SMILES string of the molecule is C1=C2C=CC=CC=1N(c1ccccc1)c1ccc(-c3ccc(C4C=Cc5c(c6ccccc6c6ccccc56)C4)s3)cc12. The van der Waals surface area contributed by atoms with E-state index in [4.69, 9.17) is 0 Å². The predicted octanol–water partition coefficient (Wildman–Crippen LogP) is 11.2. The van der Waals surface area contributed by atoms with Gasteiger partial charge < -0.3 is 4.90 Å². The molecular weight excluding hydrogens is 539 g/mol. The number of para-hydroxylation sites is 1. The molecule has 5 aromatic carbocycles. The van der Waals surface area contributed by atoms with Crippen molar-refractivity contribution in [3.63, 3.8) is 0 Å². The molecule has 2 heterocycles. The quantitative estimate of drug-likeness (QED) is 0.152. The lowest BCUT2D eigenvalue weighted by Gasteiger charge is -2.30. The predicted molar refractivity (Wildman–Crippen MR) is 184 cm³/mol. The molecule has 6 aromatic rings. The molecule has 3 aliphatic rings. The second kappa shape index (κ2) is 9.71. The van der Waals surface area contributed by atoms with Crippen LogP contribution in [0.5, 0.6) is 0 Å². The zero-order valence-corrected chi connectivity index (χ0v) is 24.3. The van der Waals surface area contributed by atoms with Crippen molar-refractivity contribution in [2.75, 3.05) is 4.90 Å². The Morgan fingerprint density at radius 2 is 1.42 bits per heavy atom. The van der Waals surface area contributed by atoms with E-state index in [0.29, 0.717) is 5.92 Å². The molecule has 1 aliphatic heterocycles. The van der Waals surface area contributed by atoms with Crippen molar-refractivity contribution < 1.29 is 0 Å². The second-order valence-corrected chi connectivity index (χ2v) is 12.5. The normalized spacial score (nSPS) is 16.6. The van der Waals surface area contributed by atoms with Gasteiger partial charge in [0.25, 0.3) is 0 Å². The molecule has 0 saturated heterocycles. The summed E-state index contributed by atoms with van der Waals surface area (Å²) in [6.45, 7) is 0. The van der Waals surface area contributed by atoms with Crippen LogP contribution in [0.3, 0.4) is 0 Å². The minimum atomic E-state index is 0.367. The molecule has 2 aliphatic carbocycles. The van der Waals surface area contributed by atoms with E-state index in [2.05, 4.69) is 156 Å². The van der Waals surface area contributed by atoms with Crippen molar-refractivity contribution in [3.05, 3.63) is 173 Å². The Kier molecular flexibility index (Phi) is 5.52. The number of thiophene rings is 1. The van der Waals surface area contributed by atoms with Gasteiger partial charge in [0.2, 0.25) is 0 Å². The molecule has 2 bridgehead atoms. The summed E-state index contributed by atoms with van der Waals surface area (Å²) in [5.41, 5.74) is 13.5. The first-order chi connectivity index (χ1) is 21.3. The molecule has 0 saturated carbocycles. The Morgan fingerprint density at radius 1 is 0.674 bits per heavy atom. The summed E-state index contributed by atoms with van der Waals surface area (Å²) in [4.78, 5) is 5.03. The van der Waals surface area contributed by atoms with Crippen molar-refractivity contribution in [3.8, 4) is 10.4 Å². The third kappa shape index (κ3) is 3.92. The van der Waals surface area contributed by atoms with Gasteiger partial charge in [-0.25, -0.2) is 0 Å². The molecular formula is C41H27NS. The molecule has 0 spiro atoms. The van der Waals surface area contributed by atoms with Crippen molar-refractivity contribution in [2.45, 2.75) is 12.3 Å². The van der Waals surface area contributed by atoms with Gasteiger partial charge in [-0.3, -0.25) is 0 Å². The minimum Gasteiger partial charge on any atom is -0.303 e. The fraction of sp³-hybridized carbons (Fsp3) is 0.0488. The molecule has 202 valence electrons. The maximum atomic E-state index is 3.67. The van der Waals surface area contributed by atoms with E-state index in [1.807, 2.05) is 11.3 Å². The number of allylic oxidation sites excluding steroid dienone is 5. The number of fused-ring (bicyclic) bond motifs is 8. The van der Waals surface area contributed by atoms with E-state index >= 15 is 0 Å². The van der Waals surface area contributed by atoms with Gasteiger partial charge in [-0.05, 0) is 93.2 Å². The summed E-state index contributed by atoms with van der Waals surface area (Å²) in [6, 6.07) is 39.9. The summed E-state index contributed by atoms with van der Waals surface area (Å²) in [6.07, 6.45) is 14.3. The maximum absolute atomic E-state index is 3.67. The highest BCUT2D eigenvalue weighted by Gasteiger charge is 2.25. The molecule has 0 radical (unpaired) electrons. The first-order valence-corrected chi connectivity index (χ1v) is 15.7. The van der Waals surface area contributed by atoms with Crippen LogP contribution in [-0.2, 0) is 6.42 Å². The van der Waals surface area contributed by atoms with Gasteiger partial charge in [0.1, 0.15) is 0 Å². The van der Waals surface area contributed by atoms with Gasteiger partial charge in [-0.2, -0.15) is 0 Å². The number of nitrogens with zero attached hydrogens (tertiary/aromatic N) is 1. The smallest absolute Gasteiger partial charge is 0.0896 e. The zero-order chi connectivity index (χ0) is 28.3. The van der Waals surface area contributed by atoms with Crippen LogP contribution in [0.15, 0.2) is 151 Å². The van der Waals surface area contributed by atoms with Gasteiger partial charge in [0, 0.05) is 32.5 Å². The molecule has 1 atom stereocenters. The third-order valence-corrected chi connectivity index (χ3v) is 10.2. The molecule has 43 heavy (non-hydrogen) atoms. The van der Waals surface area contributed by atoms with E-state index < -0.39 is 0 Å². The van der Waals surface area contributed by atoms with Crippen LogP contribution in [-0.4, -0.2) is 0 Å². The molecule has 0 amide bonds. The van der Waals surface area contributed by atoms with E-state index in [1.165, 1.54) is 59.2 Å². The highest BCUT2D eigenvalue weighted by Crippen LogP contribution is 2.45. The number of anilines is 2. The molecule has 2 heteroatoms. The lowest BCUT2D eigenvalue weighted by molar-refractivity contribution is 0.852. The topological polar surface area (TPSA) is 3.24 Å². The van der Waals surface area contributed by atoms with Crippen LogP contribution in [0, 0.1) is 0 Å². The Labute approximate surface area is 255 Å². The van der Waals surface area contributed by atoms with E-state index in [-0.39, 0.29) is 0 Å². The molecule has 1 nitrogen and oxygen atoms in total. The fourth-order valence-electron chi connectivity index (χ4n) is 6.95. The van der Waals surface area contributed by atoms with Gasteiger partial charge in [-0.15, -0.1) is 11.3 Å². The fourth-order valence-corrected chi connectivity index (χ4v) is 8.03. The van der Waals surface area contributed by atoms with Crippen LogP contribution >= 0.6 is 11.3 Å². The van der Waals surface area contributed by atoms with Crippen LogP contribution in [0.25, 0.3) is 43.6 Å². The molecule has 9 rings (SSSR count). The van der Waals surface area contributed by atoms with Crippen molar-refractivity contribution in [1.29, 1.82) is 0 Å². The zero-order valence-electron chi connectivity index (χ0n) is 23.5. The van der Waals surface area contributed by atoms with Crippen molar-refractivity contribution in [2.24, 2.45) is 0 Å². The monoisotopic (exact) mass is 565 g/mol. The third-order valence-electron chi connectivity index (χ3n) is 8.95. The number of hydrogen-bond donors (Lipinski definition) is 0. The summed E-state index contributed by atoms with van der Waals surface area (Å²) < 4.78 is 0. The van der Waals surface area contributed by atoms with Crippen molar-refractivity contribution in [1.82, 2.24) is 0 Å². The van der Waals surface area contributed by atoms with E-state index in [1.54, 1.807) is 0 Å². The van der Waals surface area contributed by atoms with Crippen LogP contribution in [0.4, 0.5) is 11.4 Å². The van der Waals surface area contributed by atoms with Gasteiger partial charge in [-0.1, -0.05) is 103 Å². The lowest BCUT2D eigenvalue weighted by atomic mass is 9.82. The van der Waals surface area contributed by atoms with E-state index in [0.717, 1.165) is 23.4 Å². The first-order valence-electron chi connectivity index (χ1n) is 14.9. The van der Waals surface area contributed by atoms with E-state index in [9.17, 15) is 0 Å². The lowest BCUT2D eigenvalue weighted by Crippen LogP contribution is -2.18. The minimum absolute atomic E-state index is 0.367. The van der Waals surface area contributed by atoms with Gasteiger partial charge in [0.05, 0.1) is 11.4 Å². The summed E-state index contributed by atoms with van der Waals surface area (Å²) in [5, 5.41) is 5.43.